The van der Waals surface area contributed by atoms with Crippen LogP contribution in [0.4, 0.5) is 4.39 Å². The van der Waals surface area contributed by atoms with Gasteiger partial charge in [0.1, 0.15) is 12.8 Å². The van der Waals surface area contributed by atoms with Crippen molar-refractivity contribution in [2.45, 2.75) is 44.6 Å². The van der Waals surface area contributed by atoms with Crippen molar-refractivity contribution in [2.24, 2.45) is 0 Å². The van der Waals surface area contributed by atoms with Crippen molar-refractivity contribution in [3.8, 4) is 0 Å². The Balaban J connectivity index is 2.14. The predicted molar refractivity (Wildman–Crippen MR) is 108 cm³/mol. The molecule has 0 radical (unpaired) electrons. The zero-order chi connectivity index (χ0) is 21.1. The van der Waals surface area contributed by atoms with Crippen LogP contribution < -0.4 is 5.32 Å². The van der Waals surface area contributed by atoms with Crippen molar-refractivity contribution in [3.63, 3.8) is 0 Å². The van der Waals surface area contributed by atoms with Gasteiger partial charge in [0.25, 0.3) is 0 Å². The maximum absolute atomic E-state index is 13.8. The number of methoxy groups -OCH3 is 1. The van der Waals surface area contributed by atoms with Gasteiger partial charge in [0.05, 0.1) is 39.9 Å². The number of halogens is 3. The first-order chi connectivity index (χ1) is 13.9. The Hall–Kier alpha value is -2.05. The van der Waals surface area contributed by atoms with E-state index in [2.05, 4.69) is 5.32 Å². The van der Waals surface area contributed by atoms with Crippen LogP contribution in [-0.2, 0) is 19.1 Å². The highest BCUT2D eigenvalue weighted by molar-refractivity contribution is 6.42. The minimum atomic E-state index is -0.963. The summed E-state index contributed by atoms with van der Waals surface area (Å²) in [4.78, 5) is 25.7. The van der Waals surface area contributed by atoms with E-state index in [1.807, 2.05) is 0 Å². The fourth-order valence-corrected chi connectivity index (χ4v) is 4.32. The molecule has 0 aromatic heterocycles. The minimum absolute atomic E-state index is 0.0211. The molecule has 1 unspecified atom stereocenters. The lowest BCUT2D eigenvalue weighted by Gasteiger charge is -2.31. The van der Waals surface area contributed by atoms with Crippen molar-refractivity contribution in [3.05, 3.63) is 56.3 Å². The topological polar surface area (TPSA) is 64.6 Å². The number of carbonyl (C=O) groups is 2. The Bertz CT molecular complexity index is 891. The van der Waals surface area contributed by atoms with Gasteiger partial charge in [-0.05, 0) is 44.2 Å². The number of nitrogens with one attached hydrogen (secondary N) is 1. The first kappa shape index (κ1) is 21.7. The lowest BCUT2D eigenvalue weighted by molar-refractivity contribution is -0.144. The summed E-state index contributed by atoms with van der Waals surface area (Å²) in [7, 11) is 1.20. The second-order valence-electron chi connectivity index (χ2n) is 7.07. The summed E-state index contributed by atoms with van der Waals surface area (Å²) in [6.45, 7) is 0.696. The Kier molecular flexibility index (Phi) is 6.85. The third kappa shape index (κ3) is 4.28. The van der Waals surface area contributed by atoms with Crippen LogP contribution in [0.1, 0.15) is 44.1 Å². The van der Waals surface area contributed by atoms with E-state index in [1.165, 1.54) is 7.11 Å². The molecular weight excluding hydrogens is 420 g/mol. The van der Waals surface area contributed by atoms with E-state index >= 15 is 0 Å². The van der Waals surface area contributed by atoms with E-state index < -0.39 is 24.5 Å². The molecule has 2 aliphatic rings. The van der Waals surface area contributed by atoms with Crippen LogP contribution in [0.5, 0.6) is 0 Å². The first-order valence-electron chi connectivity index (χ1n) is 9.39. The second-order valence-corrected chi connectivity index (χ2v) is 7.85. The quantitative estimate of drug-likeness (QED) is 0.662. The number of dihydropyridines is 1. The average Bonchev–Trinajstić information content (AvgIpc) is 3.21. The molecule has 0 amide bonds. The smallest absolute Gasteiger partial charge is 0.337 e. The van der Waals surface area contributed by atoms with Gasteiger partial charge in [-0.1, -0.05) is 35.3 Å². The van der Waals surface area contributed by atoms with Gasteiger partial charge in [0.15, 0.2) is 0 Å². The highest BCUT2D eigenvalue weighted by atomic mass is 35.5. The zero-order valence-electron chi connectivity index (χ0n) is 16.2. The molecular formula is C21H22Cl2FNO4. The van der Waals surface area contributed by atoms with Gasteiger partial charge in [0, 0.05) is 5.70 Å². The second kappa shape index (κ2) is 9.18. The lowest BCUT2D eigenvalue weighted by atomic mass is 9.80. The summed E-state index contributed by atoms with van der Waals surface area (Å²) in [5.41, 5.74) is 0.994. The summed E-state index contributed by atoms with van der Waals surface area (Å²) in [6.07, 6.45) is 3.41. The van der Waals surface area contributed by atoms with Crippen LogP contribution in [0.15, 0.2) is 40.7 Å². The molecule has 1 N–H and O–H groups in total. The van der Waals surface area contributed by atoms with Gasteiger partial charge in [-0.3, -0.25) is 0 Å². The summed E-state index contributed by atoms with van der Waals surface area (Å²) in [5.74, 6) is -2.29. The molecule has 8 heteroatoms. The number of ether oxygens (including phenoxy) is 2. The van der Waals surface area contributed by atoms with E-state index in [0.29, 0.717) is 11.3 Å². The van der Waals surface area contributed by atoms with Crippen LogP contribution in [0.3, 0.4) is 0 Å². The van der Waals surface area contributed by atoms with Crippen LogP contribution in [0.25, 0.3) is 0 Å². The Morgan fingerprint density at radius 1 is 1.17 bits per heavy atom. The van der Waals surface area contributed by atoms with Gasteiger partial charge >= 0.3 is 11.9 Å². The molecule has 1 aromatic rings. The zero-order valence-corrected chi connectivity index (χ0v) is 17.7. The number of hydrogen-bond donors (Lipinski definition) is 1. The monoisotopic (exact) mass is 441 g/mol. The Labute approximate surface area is 178 Å². The fraction of sp³-hybridized carbons (Fsp3) is 0.429. The van der Waals surface area contributed by atoms with E-state index in [4.69, 9.17) is 32.7 Å². The van der Waals surface area contributed by atoms with E-state index in [0.717, 1.165) is 25.7 Å². The average molecular weight is 442 g/mol. The van der Waals surface area contributed by atoms with Crippen LogP contribution >= 0.6 is 23.2 Å². The van der Waals surface area contributed by atoms with Crippen LogP contribution in [-0.4, -0.2) is 31.8 Å². The highest BCUT2D eigenvalue weighted by Gasteiger charge is 2.40. The predicted octanol–water partition coefficient (Wildman–Crippen LogP) is 4.84. The Morgan fingerprint density at radius 3 is 2.48 bits per heavy atom. The third-order valence-corrected chi connectivity index (χ3v) is 6.11. The standard InChI is InChI=1S/C21H22Cl2FNO4/c1-11-16(21(27)29-12-6-3-4-7-12)17(13-8-5-9-14(22)19(13)23)18(20(26)28-2)15(10-24)25-11/h5,8-9,12,17,25H,3-4,6-7,10H2,1-2H3. The van der Waals surface area contributed by atoms with Crippen molar-refractivity contribution in [1.29, 1.82) is 0 Å². The van der Waals surface area contributed by atoms with Crippen molar-refractivity contribution >= 4 is 35.1 Å². The number of allylic oxidation sites excluding steroid dienone is 2. The molecule has 1 aliphatic carbocycles. The molecule has 1 fully saturated rings. The molecule has 1 aromatic carbocycles. The number of benzene rings is 1. The molecule has 3 rings (SSSR count). The van der Waals surface area contributed by atoms with Crippen molar-refractivity contribution < 1.29 is 23.5 Å². The largest absolute Gasteiger partial charge is 0.466 e. The van der Waals surface area contributed by atoms with Gasteiger partial charge in [-0.2, -0.15) is 0 Å². The summed E-state index contributed by atoms with van der Waals surface area (Å²) < 4.78 is 24.4. The number of carbonyl (C=O) groups excluding carboxylic acids is 2. The van der Waals surface area contributed by atoms with Crippen LogP contribution in [0.2, 0.25) is 10.0 Å². The van der Waals surface area contributed by atoms with Gasteiger partial charge < -0.3 is 14.8 Å². The van der Waals surface area contributed by atoms with Gasteiger partial charge in [0.2, 0.25) is 0 Å². The molecule has 1 aliphatic heterocycles. The minimum Gasteiger partial charge on any atom is -0.466 e. The lowest BCUT2D eigenvalue weighted by Crippen LogP contribution is -2.34. The molecule has 0 spiro atoms. The van der Waals surface area contributed by atoms with E-state index in [-0.39, 0.29) is 33.0 Å². The summed E-state index contributed by atoms with van der Waals surface area (Å²) >= 11 is 12.6. The van der Waals surface area contributed by atoms with Gasteiger partial charge in [-0.15, -0.1) is 0 Å². The third-order valence-electron chi connectivity index (χ3n) is 5.27. The first-order valence-corrected chi connectivity index (χ1v) is 10.1. The summed E-state index contributed by atoms with van der Waals surface area (Å²) in [5, 5.41) is 3.27. The van der Waals surface area contributed by atoms with Crippen molar-refractivity contribution in [2.75, 3.05) is 13.8 Å². The Morgan fingerprint density at radius 2 is 1.86 bits per heavy atom. The maximum atomic E-state index is 13.8. The molecule has 0 saturated heterocycles. The molecule has 156 valence electrons. The summed E-state index contributed by atoms with van der Waals surface area (Å²) in [6, 6.07) is 4.91. The van der Waals surface area contributed by atoms with E-state index in [9.17, 15) is 14.0 Å². The normalized spacial score (nSPS) is 20.0. The fourth-order valence-electron chi connectivity index (χ4n) is 3.90. The van der Waals surface area contributed by atoms with Crippen molar-refractivity contribution in [1.82, 2.24) is 5.32 Å². The maximum Gasteiger partial charge on any atom is 0.337 e. The van der Waals surface area contributed by atoms with Gasteiger partial charge in [-0.25, -0.2) is 14.0 Å². The molecule has 1 heterocycles. The molecule has 1 atom stereocenters. The molecule has 0 bridgehead atoms. The number of rotatable bonds is 5. The molecule has 1 saturated carbocycles. The number of hydrogen-bond acceptors (Lipinski definition) is 5. The highest BCUT2D eigenvalue weighted by Crippen LogP contribution is 2.44. The molecule has 5 nitrogen and oxygen atoms in total. The SMILES string of the molecule is COC(=O)C1=C(CF)NC(C)=C(C(=O)OC2CCCC2)C1c1cccc(Cl)c1Cl. The molecule has 29 heavy (non-hydrogen) atoms. The number of alkyl halides is 1. The van der Waals surface area contributed by atoms with E-state index in [1.54, 1.807) is 25.1 Å². The number of esters is 2. The van der Waals surface area contributed by atoms with Crippen LogP contribution in [0, 0.1) is 0 Å².